The Morgan fingerprint density at radius 1 is 1.00 bits per heavy atom. The van der Waals surface area contributed by atoms with E-state index in [2.05, 4.69) is 65.8 Å². The maximum Gasteiger partial charge on any atom is 0.303 e. The molecule has 2 N–H and O–H groups in total. The highest BCUT2D eigenvalue weighted by Crippen LogP contribution is 2.56. The van der Waals surface area contributed by atoms with Gasteiger partial charge in [-0.25, -0.2) is 0 Å². The lowest BCUT2D eigenvalue weighted by atomic mass is 9.53. The third-order valence-corrected chi connectivity index (χ3v) is 10.5. The van der Waals surface area contributed by atoms with Crippen LogP contribution in [0.4, 0.5) is 5.69 Å². The first kappa shape index (κ1) is 26.6. The number of aromatic nitrogens is 1. The fourth-order valence-electron chi connectivity index (χ4n) is 9.27. The quantitative estimate of drug-likeness (QED) is 0.291. The Morgan fingerprint density at radius 3 is 2.34 bits per heavy atom. The molecule has 2 aromatic carbocycles. The lowest BCUT2D eigenvalue weighted by molar-refractivity contribution is -0.152. The van der Waals surface area contributed by atoms with Crippen molar-refractivity contribution in [2.24, 2.45) is 17.8 Å². The number of nitrogens with zero attached hydrogens (tertiary/aromatic N) is 1. The number of ether oxygens (including phenoxy) is 1. The lowest BCUT2D eigenvalue weighted by Gasteiger charge is -2.57. The third kappa shape index (κ3) is 4.93. The van der Waals surface area contributed by atoms with Gasteiger partial charge in [-0.15, -0.1) is 0 Å². The molecule has 2 heterocycles. The van der Waals surface area contributed by atoms with E-state index in [1.54, 1.807) is 0 Å². The largest absolute Gasteiger partial charge is 0.456 e. The minimum atomic E-state index is -0.427. The molecule has 0 saturated heterocycles. The van der Waals surface area contributed by atoms with Gasteiger partial charge >= 0.3 is 5.97 Å². The minimum absolute atomic E-state index is 0.0412. The molecule has 1 aromatic heterocycles. The molecule has 4 bridgehead atoms. The van der Waals surface area contributed by atoms with Crippen LogP contribution in [0.2, 0.25) is 0 Å². The molecular formula is C35H43N3O3. The molecule has 6 heteroatoms. The number of rotatable bonds is 8. The second-order valence-electron chi connectivity index (χ2n) is 13.5. The van der Waals surface area contributed by atoms with Gasteiger partial charge in [0.05, 0.1) is 6.04 Å². The number of hydrogen-bond acceptors (Lipinski definition) is 4. The van der Waals surface area contributed by atoms with Gasteiger partial charge in [0.15, 0.2) is 6.61 Å². The SMILES string of the molecule is CCCC[C@H]1Cc2c([nH]c3ccccc23)[C@H](c2ccc(NC34CC5CC(CC(C5)C3)C4)cc2)N1C(=O)COC(C)=O. The second kappa shape index (κ2) is 10.5. The van der Waals surface area contributed by atoms with E-state index in [0.29, 0.717) is 0 Å². The number of H-pyrrole nitrogens is 1. The van der Waals surface area contributed by atoms with E-state index in [4.69, 9.17) is 4.74 Å². The summed E-state index contributed by atoms with van der Waals surface area (Å²) in [6.45, 7) is 3.33. The molecule has 0 spiro atoms. The summed E-state index contributed by atoms with van der Waals surface area (Å²) in [5.74, 6) is 2.13. The van der Waals surface area contributed by atoms with Gasteiger partial charge in [0.1, 0.15) is 0 Å². The Hall–Kier alpha value is -3.28. The molecule has 8 rings (SSSR count). The van der Waals surface area contributed by atoms with E-state index in [-0.39, 0.29) is 30.1 Å². The number of unbranched alkanes of at least 4 members (excludes halogenated alkanes) is 1. The minimum Gasteiger partial charge on any atom is -0.456 e. The number of esters is 1. The summed E-state index contributed by atoms with van der Waals surface area (Å²) in [4.78, 5) is 31.1. The van der Waals surface area contributed by atoms with E-state index in [1.807, 2.05) is 4.90 Å². The zero-order chi connectivity index (χ0) is 28.1. The van der Waals surface area contributed by atoms with Gasteiger partial charge in [0, 0.05) is 40.8 Å². The van der Waals surface area contributed by atoms with Gasteiger partial charge in [-0.2, -0.15) is 0 Å². The average molecular weight is 554 g/mol. The first-order valence-corrected chi connectivity index (χ1v) is 15.8. The summed E-state index contributed by atoms with van der Waals surface area (Å²) in [5, 5.41) is 5.25. The Kier molecular flexibility index (Phi) is 6.83. The number of benzene rings is 2. The highest BCUT2D eigenvalue weighted by Gasteiger charge is 2.51. The van der Waals surface area contributed by atoms with Crippen molar-refractivity contribution in [3.63, 3.8) is 0 Å². The third-order valence-electron chi connectivity index (χ3n) is 10.5. The predicted octanol–water partition coefficient (Wildman–Crippen LogP) is 7.14. The molecule has 41 heavy (non-hydrogen) atoms. The summed E-state index contributed by atoms with van der Waals surface area (Å²) in [7, 11) is 0. The Labute approximate surface area is 243 Å². The first-order valence-electron chi connectivity index (χ1n) is 15.8. The van der Waals surface area contributed by atoms with Crippen LogP contribution in [0.25, 0.3) is 10.9 Å². The number of nitrogens with one attached hydrogen (secondary N) is 2. The van der Waals surface area contributed by atoms with Gasteiger partial charge in [0.25, 0.3) is 5.91 Å². The van der Waals surface area contributed by atoms with Crippen LogP contribution >= 0.6 is 0 Å². The summed E-state index contributed by atoms with van der Waals surface area (Å²) in [5.41, 5.74) is 6.01. The molecule has 4 aliphatic carbocycles. The number of anilines is 1. The van der Waals surface area contributed by atoms with Crippen LogP contribution in [0, 0.1) is 17.8 Å². The molecule has 2 atom stereocenters. The fourth-order valence-corrected chi connectivity index (χ4v) is 9.27. The van der Waals surface area contributed by atoms with Crippen LogP contribution in [0.5, 0.6) is 0 Å². The molecule has 0 radical (unpaired) electrons. The Balaban J connectivity index is 1.24. The molecule has 4 saturated carbocycles. The maximum atomic E-state index is 13.8. The molecule has 0 unspecified atom stereocenters. The summed E-state index contributed by atoms with van der Waals surface area (Å²) >= 11 is 0. The van der Waals surface area contributed by atoms with Gasteiger partial charge < -0.3 is 19.9 Å². The molecule has 216 valence electrons. The number of carbonyl (C=O) groups is 2. The van der Waals surface area contributed by atoms with Crippen molar-refractivity contribution >= 4 is 28.5 Å². The van der Waals surface area contributed by atoms with E-state index >= 15 is 0 Å². The predicted molar refractivity (Wildman–Crippen MR) is 162 cm³/mol. The Bertz CT molecular complexity index is 1410. The molecule has 4 fully saturated rings. The molecule has 1 amide bonds. The average Bonchev–Trinajstić information content (AvgIpc) is 3.32. The highest BCUT2D eigenvalue weighted by atomic mass is 16.5. The van der Waals surface area contributed by atoms with Crippen LogP contribution in [-0.4, -0.2) is 39.9 Å². The number of fused-ring (bicyclic) bond motifs is 3. The van der Waals surface area contributed by atoms with E-state index in [1.165, 1.54) is 62.1 Å². The number of carbonyl (C=O) groups excluding carboxylic acids is 2. The summed E-state index contributed by atoms with van der Waals surface area (Å²) in [6, 6.07) is 17.1. The lowest BCUT2D eigenvalue weighted by Crippen LogP contribution is -2.54. The van der Waals surface area contributed by atoms with E-state index in [9.17, 15) is 9.59 Å². The molecule has 3 aromatic rings. The second-order valence-corrected chi connectivity index (χ2v) is 13.5. The zero-order valence-electron chi connectivity index (χ0n) is 24.5. The van der Waals surface area contributed by atoms with Crippen molar-refractivity contribution in [3.05, 3.63) is 65.4 Å². The van der Waals surface area contributed by atoms with Crippen LogP contribution < -0.4 is 5.32 Å². The smallest absolute Gasteiger partial charge is 0.303 e. The van der Waals surface area contributed by atoms with Crippen LogP contribution in [0.1, 0.15) is 94.5 Å². The molecule has 5 aliphatic rings. The normalized spacial score (nSPS) is 29.9. The van der Waals surface area contributed by atoms with Crippen molar-refractivity contribution in [1.29, 1.82) is 0 Å². The number of amides is 1. The van der Waals surface area contributed by atoms with Crippen LogP contribution in [-0.2, 0) is 20.7 Å². The summed E-state index contributed by atoms with van der Waals surface area (Å²) < 4.78 is 5.24. The highest BCUT2D eigenvalue weighted by molar-refractivity contribution is 5.87. The van der Waals surface area contributed by atoms with Gasteiger partial charge in [-0.05, 0) is 98.4 Å². The molecular weight excluding hydrogens is 510 g/mol. The van der Waals surface area contributed by atoms with Gasteiger partial charge in [-0.3, -0.25) is 9.59 Å². The topological polar surface area (TPSA) is 74.4 Å². The number of hydrogen-bond donors (Lipinski definition) is 2. The van der Waals surface area contributed by atoms with Crippen molar-refractivity contribution in [2.45, 2.75) is 95.7 Å². The van der Waals surface area contributed by atoms with E-state index in [0.717, 1.165) is 60.2 Å². The zero-order valence-corrected chi connectivity index (χ0v) is 24.5. The van der Waals surface area contributed by atoms with Crippen LogP contribution in [0.15, 0.2) is 48.5 Å². The number of para-hydroxylation sites is 1. The van der Waals surface area contributed by atoms with Crippen molar-refractivity contribution in [1.82, 2.24) is 9.88 Å². The Morgan fingerprint density at radius 2 is 1.68 bits per heavy atom. The van der Waals surface area contributed by atoms with Crippen LogP contribution in [0.3, 0.4) is 0 Å². The van der Waals surface area contributed by atoms with E-state index < -0.39 is 5.97 Å². The molecule has 1 aliphatic heterocycles. The monoisotopic (exact) mass is 553 g/mol. The maximum absolute atomic E-state index is 13.8. The van der Waals surface area contributed by atoms with Crippen molar-refractivity contribution in [3.8, 4) is 0 Å². The molecule has 6 nitrogen and oxygen atoms in total. The standard InChI is InChI=1S/C35H43N3O3/c1-3-4-7-28-17-30-29-8-5-6-9-31(29)36-33(30)34(38(28)32(40)21-41-22(2)39)26-10-12-27(13-11-26)37-35-18-23-14-24(19-35)16-25(15-23)20-35/h5-6,8-13,23-25,28,34,36-37H,3-4,7,14-21H2,1-2H3/t23?,24?,25?,28-,34-,35?/m0/s1. The number of aromatic amines is 1. The van der Waals surface area contributed by atoms with Crippen molar-refractivity contribution in [2.75, 3.05) is 11.9 Å². The van der Waals surface area contributed by atoms with Gasteiger partial charge in [0.2, 0.25) is 0 Å². The first-order chi connectivity index (χ1) is 19.9. The summed E-state index contributed by atoms with van der Waals surface area (Å²) in [6.07, 6.45) is 12.0. The fraction of sp³-hybridized carbons (Fsp3) is 0.543. The van der Waals surface area contributed by atoms with Crippen molar-refractivity contribution < 1.29 is 14.3 Å². The van der Waals surface area contributed by atoms with Gasteiger partial charge in [-0.1, -0.05) is 50.1 Å².